The largest absolute Gasteiger partial charge is 0.367 e. The van der Waals surface area contributed by atoms with Gasteiger partial charge in [0, 0.05) is 18.2 Å². The van der Waals surface area contributed by atoms with Crippen LogP contribution in [0.15, 0.2) is 42.5 Å². The first-order chi connectivity index (χ1) is 9.74. The lowest BCUT2D eigenvalue weighted by molar-refractivity contribution is 0.586. The number of halogens is 1. The van der Waals surface area contributed by atoms with E-state index in [1.54, 1.807) is 28.9 Å². The Morgan fingerprint density at radius 2 is 2.25 bits per heavy atom. The lowest BCUT2D eigenvalue weighted by Gasteiger charge is -2.09. The van der Waals surface area contributed by atoms with Crippen molar-refractivity contribution in [3.05, 3.63) is 59.6 Å². The molecule has 0 aliphatic carbocycles. The monoisotopic (exact) mass is 270 g/mol. The zero-order chi connectivity index (χ0) is 14.4. The summed E-state index contributed by atoms with van der Waals surface area (Å²) in [5.74, 6) is 0.420. The molecule has 0 bridgehead atoms. The molecule has 0 aliphatic rings. The summed E-state index contributed by atoms with van der Waals surface area (Å²) < 4.78 is 15.3. The SMILES string of the molecule is C/C=C\CNc1cc(C#N)nn1Cc1ccccc1F. The quantitative estimate of drug-likeness (QED) is 0.850. The van der Waals surface area contributed by atoms with E-state index in [0.717, 1.165) is 0 Å². The molecule has 0 fully saturated rings. The van der Waals surface area contributed by atoms with Crippen LogP contribution in [-0.4, -0.2) is 16.3 Å². The lowest BCUT2D eigenvalue weighted by Crippen LogP contribution is -2.10. The van der Waals surface area contributed by atoms with Gasteiger partial charge in [0.1, 0.15) is 17.7 Å². The van der Waals surface area contributed by atoms with E-state index in [4.69, 9.17) is 5.26 Å². The average Bonchev–Trinajstić information content (AvgIpc) is 2.84. The van der Waals surface area contributed by atoms with E-state index in [-0.39, 0.29) is 12.4 Å². The van der Waals surface area contributed by atoms with Crippen molar-refractivity contribution in [2.45, 2.75) is 13.5 Å². The van der Waals surface area contributed by atoms with E-state index in [9.17, 15) is 4.39 Å². The number of nitrogens with one attached hydrogen (secondary N) is 1. The van der Waals surface area contributed by atoms with Crippen LogP contribution in [0.4, 0.5) is 10.2 Å². The summed E-state index contributed by atoms with van der Waals surface area (Å²) in [6, 6.07) is 10.2. The van der Waals surface area contributed by atoms with Gasteiger partial charge in [-0.25, -0.2) is 9.07 Å². The molecule has 0 atom stereocenters. The third-order valence-electron chi connectivity index (χ3n) is 2.81. The molecule has 0 saturated carbocycles. The number of anilines is 1. The highest BCUT2D eigenvalue weighted by atomic mass is 19.1. The van der Waals surface area contributed by atoms with Crippen LogP contribution in [-0.2, 0) is 6.54 Å². The molecule has 0 saturated heterocycles. The Morgan fingerprint density at radius 1 is 1.45 bits per heavy atom. The minimum atomic E-state index is -0.277. The first kappa shape index (κ1) is 13.8. The minimum Gasteiger partial charge on any atom is -0.367 e. The number of nitriles is 1. The number of hydrogen-bond donors (Lipinski definition) is 1. The van der Waals surface area contributed by atoms with Crippen LogP contribution in [0.1, 0.15) is 18.2 Å². The van der Waals surface area contributed by atoms with E-state index in [0.29, 0.717) is 23.6 Å². The summed E-state index contributed by atoms with van der Waals surface area (Å²) in [6.07, 6.45) is 3.88. The number of nitrogens with zero attached hydrogens (tertiary/aromatic N) is 3. The van der Waals surface area contributed by atoms with Crippen molar-refractivity contribution in [2.75, 3.05) is 11.9 Å². The molecule has 4 nitrogen and oxygen atoms in total. The standard InChI is InChI=1S/C15H15FN4/c1-2-3-8-18-15-9-13(10-17)19-20(15)11-12-6-4-5-7-14(12)16/h2-7,9,18H,8,11H2,1H3/b3-2-. The van der Waals surface area contributed by atoms with Crippen LogP contribution in [0.3, 0.4) is 0 Å². The van der Waals surface area contributed by atoms with Gasteiger partial charge in [-0.1, -0.05) is 30.4 Å². The van der Waals surface area contributed by atoms with Crippen LogP contribution < -0.4 is 5.32 Å². The van der Waals surface area contributed by atoms with Gasteiger partial charge in [0.15, 0.2) is 5.69 Å². The van der Waals surface area contributed by atoms with Crippen molar-refractivity contribution < 1.29 is 4.39 Å². The van der Waals surface area contributed by atoms with Gasteiger partial charge in [-0.3, -0.25) is 0 Å². The molecular weight excluding hydrogens is 255 g/mol. The van der Waals surface area contributed by atoms with Crippen molar-refractivity contribution in [2.24, 2.45) is 0 Å². The Labute approximate surface area is 117 Å². The zero-order valence-electron chi connectivity index (χ0n) is 11.2. The summed E-state index contributed by atoms with van der Waals surface area (Å²) >= 11 is 0. The second-order valence-corrected chi connectivity index (χ2v) is 4.23. The lowest BCUT2D eigenvalue weighted by atomic mass is 10.2. The summed E-state index contributed by atoms with van der Waals surface area (Å²) in [6.45, 7) is 2.84. The molecular formula is C15H15FN4. The van der Waals surface area contributed by atoms with Gasteiger partial charge in [0.25, 0.3) is 0 Å². The summed E-state index contributed by atoms with van der Waals surface area (Å²) in [7, 11) is 0. The van der Waals surface area contributed by atoms with Crippen molar-refractivity contribution in [3.63, 3.8) is 0 Å². The van der Waals surface area contributed by atoms with Gasteiger partial charge in [0.05, 0.1) is 6.54 Å². The number of hydrogen-bond acceptors (Lipinski definition) is 3. The Hall–Kier alpha value is -2.61. The maximum atomic E-state index is 13.7. The van der Waals surface area contributed by atoms with Crippen LogP contribution in [0, 0.1) is 17.1 Å². The minimum absolute atomic E-state index is 0.277. The third kappa shape index (κ3) is 3.23. The summed E-state index contributed by atoms with van der Waals surface area (Å²) in [5, 5.41) is 16.2. The Bertz CT molecular complexity index is 652. The molecule has 1 N–H and O–H groups in total. The molecule has 1 aromatic heterocycles. The van der Waals surface area contributed by atoms with Gasteiger partial charge in [-0.2, -0.15) is 10.4 Å². The molecule has 20 heavy (non-hydrogen) atoms. The highest BCUT2D eigenvalue weighted by Gasteiger charge is 2.09. The van der Waals surface area contributed by atoms with E-state index in [2.05, 4.69) is 10.4 Å². The molecule has 102 valence electrons. The van der Waals surface area contributed by atoms with Crippen molar-refractivity contribution in [3.8, 4) is 6.07 Å². The first-order valence-corrected chi connectivity index (χ1v) is 6.31. The van der Waals surface area contributed by atoms with E-state index >= 15 is 0 Å². The van der Waals surface area contributed by atoms with Crippen molar-refractivity contribution in [1.29, 1.82) is 5.26 Å². The normalized spacial score (nSPS) is 10.7. The second-order valence-electron chi connectivity index (χ2n) is 4.23. The molecule has 0 amide bonds. The molecule has 0 spiro atoms. The summed E-state index contributed by atoms with van der Waals surface area (Å²) in [5.41, 5.74) is 0.846. The zero-order valence-corrected chi connectivity index (χ0v) is 11.2. The molecule has 2 aromatic rings. The molecule has 1 aromatic carbocycles. The van der Waals surface area contributed by atoms with Gasteiger partial charge in [-0.15, -0.1) is 0 Å². The first-order valence-electron chi connectivity index (χ1n) is 6.31. The fraction of sp³-hybridized carbons (Fsp3) is 0.200. The maximum Gasteiger partial charge on any atom is 0.164 e. The third-order valence-corrected chi connectivity index (χ3v) is 2.81. The number of benzene rings is 1. The summed E-state index contributed by atoms with van der Waals surface area (Å²) in [4.78, 5) is 0. The molecule has 0 unspecified atom stereocenters. The van der Waals surface area contributed by atoms with Crippen LogP contribution >= 0.6 is 0 Å². The molecule has 0 aliphatic heterocycles. The molecule has 5 heteroatoms. The number of rotatable bonds is 5. The fourth-order valence-electron chi connectivity index (χ4n) is 1.80. The average molecular weight is 270 g/mol. The van der Waals surface area contributed by atoms with Crippen LogP contribution in [0.2, 0.25) is 0 Å². The van der Waals surface area contributed by atoms with E-state index in [1.165, 1.54) is 6.07 Å². The molecule has 2 rings (SSSR count). The topological polar surface area (TPSA) is 53.6 Å². The maximum absolute atomic E-state index is 13.7. The second kappa shape index (κ2) is 6.53. The fourth-order valence-corrected chi connectivity index (χ4v) is 1.80. The van der Waals surface area contributed by atoms with Crippen LogP contribution in [0.25, 0.3) is 0 Å². The van der Waals surface area contributed by atoms with E-state index < -0.39 is 0 Å². The Balaban J connectivity index is 2.24. The predicted molar refractivity (Wildman–Crippen MR) is 75.7 cm³/mol. The predicted octanol–water partition coefficient (Wildman–Crippen LogP) is 2.93. The highest BCUT2D eigenvalue weighted by Crippen LogP contribution is 2.14. The smallest absolute Gasteiger partial charge is 0.164 e. The molecule has 0 radical (unpaired) electrons. The van der Waals surface area contributed by atoms with Crippen molar-refractivity contribution >= 4 is 5.82 Å². The number of aromatic nitrogens is 2. The number of allylic oxidation sites excluding steroid dienone is 1. The Morgan fingerprint density at radius 3 is 2.95 bits per heavy atom. The van der Waals surface area contributed by atoms with Gasteiger partial charge in [0.2, 0.25) is 0 Å². The van der Waals surface area contributed by atoms with Crippen molar-refractivity contribution in [1.82, 2.24) is 9.78 Å². The van der Waals surface area contributed by atoms with Gasteiger partial charge in [-0.05, 0) is 13.0 Å². The Kier molecular flexibility index (Phi) is 4.51. The van der Waals surface area contributed by atoms with E-state index in [1.807, 2.05) is 25.1 Å². The molecule has 1 heterocycles. The van der Waals surface area contributed by atoms with Gasteiger partial charge >= 0.3 is 0 Å². The highest BCUT2D eigenvalue weighted by molar-refractivity contribution is 5.42. The van der Waals surface area contributed by atoms with Gasteiger partial charge < -0.3 is 5.32 Å². The van der Waals surface area contributed by atoms with Crippen LogP contribution in [0.5, 0.6) is 0 Å².